The van der Waals surface area contributed by atoms with Crippen LogP contribution in [0, 0.1) is 17.0 Å². The lowest BCUT2D eigenvalue weighted by Gasteiger charge is -2.21. The van der Waals surface area contributed by atoms with Crippen molar-refractivity contribution in [2.45, 2.75) is 13.0 Å². The molecule has 32 heavy (non-hydrogen) atoms. The van der Waals surface area contributed by atoms with Crippen LogP contribution < -0.4 is 15.1 Å². The Morgan fingerprint density at radius 2 is 1.91 bits per heavy atom. The van der Waals surface area contributed by atoms with E-state index in [9.17, 15) is 19.7 Å². The van der Waals surface area contributed by atoms with Gasteiger partial charge in [-0.15, -0.1) is 10.2 Å². The van der Waals surface area contributed by atoms with Gasteiger partial charge in [0.2, 0.25) is 10.9 Å². The number of benzene rings is 2. The van der Waals surface area contributed by atoms with Crippen LogP contribution in [0.25, 0.3) is 11.0 Å². The number of nitro groups is 1. The molecule has 2 aromatic carbocycles. The molecule has 11 heteroatoms. The Labute approximate surface area is 183 Å². The van der Waals surface area contributed by atoms with Crippen LogP contribution in [0.4, 0.5) is 10.8 Å². The van der Waals surface area contributed by atoms with Crippen molar-refractivity contribution in [3.8, 4) is 5.75 Å². The average Bonchev–Trinajstić information content (AvgIpc) is 3.34. The van der Waals surface area contributed by atoms with Crippen LogP contribution in [0.5, 0.6) is 5.75 Å². The van der Waals surface area contributed by atoms with Gasteiger partial charge in [-0.3, -0.25) is 24.6 Å². The second-order valence-corrected chi connectivity index (χ2v) is 8.23. The smallest absolute Gasteiger partial charge is 0.297 e. The van der Waals surface area contributed by atoms with Crippen LogP contribution in [-0.2, 0) is 0 Å². The molecule has 1 aliphatic rings. The Kier molecular flexibility index (Phi) is 4.48. The summed E-state index contributed by atoms with van der Waals surface area (Å²) in [5.41, 5.74) is 0.405. The minimum absolute atomic E-state index is 0.103. The number of hydrogen-bond donors (Lipinski definition) is 0. The van der Waals surface area contributed by atoms with Crippen molar-refractivity contribution in [2.75, 3.05) is 12.0 Å². The maximum atomic E-state index is 13.5. The van der Waals surface area contributed by atoms with Crippen molar-refractivity contribution in [2.24, 2.45) is 0 Å². The Balaban J connectivity index is 1.77. The van der Waals surface area contributed by atoms with Gasteiger partial charge in [-0.05, 0) is 36.8 Å². The highest BCUT2D eigenvalue weighted by Crippen LogP contribution is 2.42. The average molecular weight is 450 g/mol. The van der Waals surface area contributed by atoms with Crippen LogP contribution in [0.3, 0.4) is 0 Å². The third-order valence-corrected chi connectivity index (χ3v) is 6.06. The van der Waals surface area contributed by atoms with Gasteiger partial charge in [0.15, 0.2) is 5.43 Å². The number of aryl methyl sites for hydroxylation is 1. The predicted molar refractivity (Wildman–Crippen MR) is 115 cm³/mol. The van der Waals surface area contributed by atoms with Crippen LogP contribution >= 0.6 is 11.3 Å². The van der Waals surface area contributed by atoms with Gasteiger partial charge in [0, 0.05) is 18.2 Å². The summed E-state index contributed by atoms with van der Waals surface area (Å²) in [6, 6.07) is 9.58. The lowest BCUT2D eigenvalue weighted by molar-refractivity contribution is -0.384. The van der Waals surface area contributed by atoms with Crippen LogP contribution in [0.15, 0.2) is 51.7 Å². The molecule has 0 saturated carbocycles. The van der Waals surface area contributed by atoms with E-state index in [4.69, 9.17) is 9.15 Å². The van der Waals surface area contributed by atoms with E-state index in [0.29, 0.717) is 26.8 Å². The van der Waals surface area contributed by atoms with Gasteiger partial charge >= 0.3 is 0 Å². The van der Waals surface area contributed by atoms with Crippen molar-refractivity contribution in [3.05, 3.63) is 84.7 Å². The topological polar surface area (TPSA) is 129 Å². The molecule has 0 bridgehead atoms. The highest BCUT2D eigenvalue weighted by Gasteiger charge is 2.45. The standard InChI is InChI=1S/C21H14N4O6S/c1-10-22-23-21(32-10)24-17(11-3-5-12(6-4-11)25(28)29)16-18(26)14-8-7-13(30-2)9-15(14)31-19(16)20(24)27/h3-9,17H,1-2H3/t17-/m0/s1. The normalized spacial score (nSPS) is 15.2. The maximum Gasteiger partial charge on any atom is 0.297 e. The molecule has 5 rings (SSSR count). The third-order valence-electron chi connectivity index (χ3n) is 5.22. The number of anilines is 1. The zero-order valence-electron chi connectivity index (χ0n) is 16.8. The first kappa shape index (κ1) is 19.8. The lowest BCUT2D eigenvalue weighted by atomic mass is 9.98. The first-order chi connectivity index (χ1) is 15.4. The Morgan fingerprint density at radius 3 is 2.53 bits per heavy atom. The highest BCUT2D eigenvalue weighted by molar-refractivity contribution is 7.15. The number of hydrogen-bond acceptors (Lipinski definition) is 9. The van der Waals surface area contributed by atoms with E-state index < -0.39 is 16.9 Å². The van der Waals surface area contributed by atoms with E-state index in [1.54, 1.807) is 25.1 Å². The quantitative estimate of drug-likeness (QED) is 0.341. The fraction of sp³-hybridized carbons (Fsp3) is 0.143. The molecular formula is C21H14N4O6S. The minimum Gasteiger partial charge on any atom is -0.497 e. The Bertz CT molecular complexity index is 1460. The van der Waals surface area contributed by atoms with Crippen LogP contribution in [-0.4, -0.2) is 28.1 Å². The maximum absolute atomic E-state index is 13.5. The second kappa shape index (κ2) is 7.24. The Morgan fingerprint density at radius 1 is 1.16 bits per heavy atom. The Hall–Kier alpha value is -4.12. The van der Waals surface area contributed by atoms with Crippen LogP contribution in [0.2, 0.25) is 0 Å². The molecule has 2 aromatic heterocycles. The summed E-state index contributed by atoms with van der Waals surface area (Å²) in [5, 5.41) is 20.4. The summed E-state index contributed by atoms with van der Waals surface area (Å²) in [6.07, 6.45) is 0. The first-order valence-electron chi connectivity index (χ1n) is 9.42. The molecule has 0 N–H and O–H groups in total. The molecule has 160 valence electrons. The molecule has 1 aliphatic heterocycles. The number of carbonyl (C=O) groups excluding carboxylic acids is 1. The van der Waals surface area contributed by atoms with E-state index in [1.807, 2.05) is 0 Å². The summed E-state index contributed by atoms with van der Waals surface area (Å²) in [6.45, 7) is 1.75. The predicted octanol–water partition coefficient (Wildman–Crippen LogP) is 3.62. The third kappa shape index (κ3) is 2.94. The second-order valence-electron chi connectivity index (χ2n) is 7.07. The molecule has 3 heterocycles. The number of ether oxygens (including phenoxy) is 1. The number of aromatic nitrogens is 2. The molecule has 0 fully saturated rings. The number of rotatable bonds is 4. The molecule has 0 saturated heterocycles. The van der Waals surface area contributed by atoms with Crippen molar-refractivity contribution in [1.29, 1.82) is 0 Å². The van der Waals surface area contributed by atoms with Gasteiger partial charge in [-0.2, -0.15) is 0 Å². The fourth-order valence-corrected chi connectivity index (χ4v) is 4.47. The molecular weight excluding hydrogens is 436 g/mol. The number of fused-ring (bicyclic) bond motifs is 2. The number of non-ortho nitro benzene ring substituents is 1. The number of amides is 1. The van der Waals surface area contributed by atoms with Crippen molar-refractivity contribution < 1.29 is 18.9 Å². The first-order valence-corrected chi connectivity index (χ1v) is 10.2. The van der Waals surface area contributed by atoms with Gasteiger partial charge in [0.05, 0.1) is 29.0 Å². The largest absolute Gasteiger partial charge is 0.497 e. The summed E-state index contributed by atoms with van der Waals surface area (Å²) in [7, 11) is 1.49. The lowest BCUT2D eigenvalue weighted by Crippen LogP contribution is -2.29. The van der Waals surface area contributed by atoms with E-state index in [0.717, 1.165) is 0 Å². The molecule has 0 radical (unpaired) electrons. The molecule has 0 unspecified atom stereocenters. The van der Waals surface area contributed by atoms with Gasteiger partial charge in [-0.25, -0.2) is 0 Å². The van der Waals surface area contributed by atoms with Gasteiger partial charge in [-0.1, -0.05) is 11.3 Å². The number of carbonyl (C=O) groups is 1. The molecule has 0 aliphatic carbocycles. The van der Waals surface area contributed by atoms with Crippen LogP contribution in [0.1, 0.15) is 32.7 Å². The van der Waals surface area contributed by atoms with E-state index in [-0.39, 0.29) is 28.0 Å². The van der Waals surface area contributed by atoms with Gasteiger partial charge in [0.25, 0.3) is 11.6 Å². The van der Waals surface area contributed by atoms with Gasteiger partial charge in [0.1, 0.15) is 16.3 Å². The molecule has 10 nitrogen and oxygen atoms in total. The minimum atomic E-state index is -0.867. The fourth-order valence-electron chi connectivity index (χ4n) is 3.75. The SMILES string of the molecule is COc1ccc2c(=O)c3c(oc2c1)C(=O)N(c1nnc(C)s1)[C@H]3c1ccc([N+](=O)[O-])cc1. The summed E-state index contributed by atoms with van der Waals surface area (Å²) in [4.78, 5) is 38.8. The number of nitrogens with zero attached hydrogens (tertiary/aromatic N) is 4. The van der Waals surface area contributed by atoms with E-state index >= 15 is 0 Å². The molecule has 0 spiro atoms. The zero-order chi connectivity index (χ0) is 22.6. The molecule has 1 atom stereocenters. The van der Waals surface area contributed by atoms with Gasteiger partial charge < -0.3 is 9.15 Å². The van der Waals surface area contributed by atoms with Crippen molar-refractivity contribution in [1.82, 2.24) is 10.2 Å². The molecule has 1 amide bonds. The molecule has 4 aromatic rings. The summed E-state index contributed by atoms with van der Waals surface area (Å²) < 4.78 is 11.1. The highest BCUT2D eigenvalue weighted by atomic mass is 32.1. The monoisotopic (exact) mass is 450 g/mol. The van der Waals surface area contributed by atoms with Crippen molar-refractivity contribution in [3.63, 3.8) is 0 Å². The van der Waals surface area contributed by atoms with Crippen molar-refractivity contribution >= 4 is 39.0 Å². The zero-order valence-corrected chi connectivity index (χ0v) is 17.6. The number of nitro benzene ring substituents is 1. The summed E-state index contributed by atoms with van der Waals surface area (Å²) in [5.74, 6) is -0.164. The van der Waals surface area contributed by atoms with E-state index in [2.05, 4.69) is 10.2 Å². The number of methoxy groups -OCH3 is 1. The summed E-state index contributed by atoms with van der Waals surface area (Å²) >= 11 is 1.19. The van der Waals surface area contributed by atoms with E-state index in [1.165, 1.54) is 47.6 Å².